The summed E-state index contributed by atoms with van der Waals surface area (Å²) in [5.41, 5.74) is 2.79. The highest BCUT2D eigenvalue weighted by molar-refractivity contribution is 6.08. The van der Waals surface area contributed by atoms with Crippen LogP contribution in [0, 0.1) is 13.8 Å². The number of ketones is 2. The molecule has 0 unspecified atom stereocenters. The molecule has 0 atom stereocenters. The Bertz CT molecular complexity index is 460. The highest BCUT2D eigenvalue weighted by Gasteiger charge is 2.13. The number of unbranched alkanes of at least 4 members (excludes halogenated alkanes) is 4. The summed E-state index contributed by atoms with van der Waals surface area (Å²) in [7, 11) is 0. The molecule has 1 aromatic rings. The lowest BCUT2D eigenvalue weighted by molar-refractivity contribution is -0.118. The Morgan fingerprint density at radius 1 is 1.00 bits per heavy atom. The monoisotopic (exact) mass is 274 g/mol. The van der Waals surface area contributed by atoms with E-state index in [1.165, 1.54) is 19.3 Å². The molecule has 0 radical (unpaired) electrons. The predicted octanol–water partition coefficient (Wildman–Crippen LogP) is 4.81. The van der Waals surface area contributed by atoms with Crippen molar-refractivity contribution in [1.82, 2.24) is 0 Å². The summed E-state index contributed by atoms with van der Waals surface area (Å²) in [5.74, 6) is 0.0348. The van der Waals surface area contributed by atoms with E-state index in [0.717, 1.165) is 24.0 Å². The lowest BCUT2D eigenvalue weighted by atomic mass is 9.97. The van der Waals surface area contributed by atoms with Crippen LogP contribution in [0.15, 0.2) is 18.2 Å². The Balaban J connectivity index is 2.39. The van der Waals surface area contributed by atoms with Crippen molar-refractivity contribution >= 4 is 11.6 Å². The fraction of sp³-hybridized carbons (Fsp3) is 0.556. The van der Waals surface area contributed by atoms with E-state index in [1.807, 2.05) is 32.0 Å². The van der Waals surface area contributed by atoms with E-state index in [1.54, 1.807) is 0 Å². The molecule has 0 aliphatic carbocycles. The van der Waals surface area contributed by atoms with Gasteiger partial charge in [0.05, 0.1) is 6.42 Å². The lowest BCUT2D eigenvalue weighted by Gasteiger charge is -2.06. The summed E-state index contributed by atoms with van der Waals surface area (Å²) in [6.07, 6.45) is 6.23. The number of aryl methyl sites for hydroxylation is 2. The number of Topliss-reactive ketones (excluding diaryl/α,β-unsaturated/α-hetero) is 2. The van der Waals surface area contributed by atoms with Crippen LogP contribution in [-0.4, -0.2) is 11.6 Å². The topological polar surface area (TPSA) is 34.1 Å². The smallest absolute Gasteiger partial charge is 0.170 e. The maximum atomic E-state index is 12.1. The van der Waals surface area contributed by atoms with Crippen molar-refractivity contribution in [3.8, 4) is 0 Å². The quantitative estimate of drug-likeness (QED) is 0.368. The average Bonchev–Trinajstić information content (AvgIpc) is 2.38. The maximum Gasteiger partial charge on any atom is 0.170 e. The number of carbonyl (C=O) groups is 2. The van der Waals surface area contributed by atoms with Crippen molar-refractivity contribution in [3.05, 3.63) is 34.9 Å². The molecule has 0 N–H and O–H groups in total. The van der Waals surface area contributed by atoms with Gasteiger partial charge in [-0.05, 0) is 25.8 Å². The minimum absolute atomic E-state index is 0.0407. The van der Waals surface area contributed by atoms with E-state index in [2.05, 4.69) is 6.92 Å². The van der Waals surface area contributed by atoms with Gasteiger partial charge in [0.2, 0.25) is 0 Å². The minimum Gasteiger partial charge on any atom is -0.299 e. The number of benzene rings is 1. The Morgan fingerprint density at radius 3 is 2.35 bits per heavy atom. The van der Waals surface area contributed by atoms with Crippen LogP contribution in [0.4, 0.5) is 0 Å². The summed E-state index contributed by atoms with van der Waals surface area (Å²) in [6.45, 7) is 6.10. The van der Waals surface area contributed by atoms with Gasteiger partial charge in [0.25, 0.3) is 0 Å². The molecule has 0 saturated heterocycles. The van der Waals surface area contributed by atoms with Crippen LogP contribution in [0.5, 0.6) is 0 Å². The molecule has 20 heavy (non-hydrogen) atoms. The Kier molecular flexibility index (Phi) is 7.21. The summed E-state index contributed by atoms with van der Waals surface area (Å²) < 4.78 is 0. The number of hydrogen-bond donors (Lipinski definition) is 0. The van der Waals surface area contributed by atoms with Gasteiger partial charge in [-0.2, -0.15) is 0 Å². The first-order valence-electron chi connectivity index (χ1n) is 7.66. The van der Waals surface area contributed by atoms with E-state index >= 15 is 0 Å². The van der Waals surface area contributed by atoms with E-state index in [-0.39, 0.29) is 18.0 Å². The molecule has 0 fully saturated rings. The van der Waals surface area contributed by atoms with Crippen LogP contribution in [0.3, 0.4) is 0 Å². The number of carbonyl (C=O) groups excluding carboxylic acids is 2. The van der Waals surface area contributed by atoms with Crippen LogP contribution in [0.1, 0.15) is 73.4 Å². The van der Waals surface area contributed by atoms with Crippen molar-refractivity contribution in [2.75, 3.05) is 0 Å². The zero-order valence-corrected chi connectivity index (χ0v) is 13.0. The van der Waals surface area contributed by atoms with Gasteiger partial charge < -0.3 is 0 Å². The van der Waals surface area contributed by atoms with E-state index in [9.17, 15) is 9.59 Å². The summed E-state index contributed by atoms with van der Waals surface area (Å²) in [4.78, 5) is 23.9. The van der Waals surface area contributed by atoms with Crippen molar-refractivity contribution < 1.29 is 9.59 Å². The number of rotatable bonds is 9. The molecular weight excluding hydrogens is 248 g/mol. The van der Waals surface area contributed by atoms with Crippen molar-refractivity contribution in [2.45, 2.75) is 65.7 Å². The van der Waals surface area contributed by atoms with Gasteiger partial charge in [0.15, 0.2) is 5.78 Å². The highest BCUT2D eigenvalue weighted by Crippen LogP contribution is 2.14. The van der Waals surface area contributed by atoms with Crippen LogP contribution >= 0.6 is 0 Å². The van der Waals surface area contributed by atoms with Gasteiger partial charge >= 0.3 is 0 Å². The van der Waals surface area contributed by atoms with Gasteiger partial charge in [0, 0.05) is 12.0 Å². The summed E-state index contributed by atoms with van der Waals surface area (Å²) in [5, 5.41) is 0. The van der Waals surface area contributed by atoms with Gasteiger partial charge in [-0.3, -0.25) is 9.59 Å². The summed E-state index contributed by atoms with van der Waals surface area (Å²) in [6, 6.07) is 5.75. The van der Waals surface area contributed by atoms with Gasteiger partial charge in [-0.15, -0.1) is 0 Å². The van der Waals surface area contributed by atoms with Crippen LogP contribution in [0.2, 0.25) is 0 Å². The van der Waals surface area contributed by atoms with Crippen LogP contribution in [0.25, 0.3) is 0 Å². The first-order valence-corrected chi connectivity index (χ1v) is 7.66. The summed E-state index contributed by atoms with van der Waals surface area (Å²) >= 11 is 0. The molecule has 0 aromatic heterocycles. The second-order valence-electron chi connectivity index (χ2n) is 5.62. The molecule has 110 valence electrons. The van der Waals surface area contributed by atoms with E-state index in [4.69, 9.17) is 0 Å². The van der Waals surface area contributed by atoms with E-state index < -0.39 is 0 Å². The van der Waals surface area contributed by atoms with Crippen LogP contribution < -0.4 is 0 Å². The van der Waals surface area contributed by atoms with Crippen molar-refractivity contribution in [3.63, 3.8) is 0 Å². The molecule has 0 amide bonds. The fourth-order valence-corrected chi connectivity index (χ4v) is 2.41. The first kappa shape index (κ1) is 16.6. The molecule has 0 heterocycles. The molecule has 2 nitrogen and oxygen atoms in total. The fourth-order valence-electron chi connectivity index (χ4n) is 2.41. The maximum absolute atomic E-state index is 12.1. The third-order valence-corrected chi connectivity index (χ3v) is 3.60. The zero-order chi connectivity index (χ0) is 15.0. The first-order chi connectivity index (χ1) is 9.54. The average molecular weight is 274 g/mol. The van der Waals surface area contributed by atoms with Gasteiger partial charge in [-0.25, -0.2) is 0 Å². The molecule has 0 spiro atoms. The SMILES string of the molecule is CCCCCCCC(=O)CC(=O)c1ccc(C)cc1C. The molecule has 0 saturated carbocycles. The largest absolute Gasteiger partial charge is 0.299 e. The second kappa shape index (κ2) is 8.68. The highest BCUT2D eigenvalue weighted by atomic mass is 16.1. The van der Waals surface area contributed by atoms with Gasteiger partial charge in [-0.1, -0.05) is 56.4 Å². The molecular formula is C18H26O2. The van der Waals surface area contributed by atoms with Crippen molar-refractivity contribution in [2.24, 2.45) is 0 Å². The molecule has 0 aliphatic rings. The third kappa shape index (κ3) is 5.68. The van der Waals surface area contributed by atoms with Crippen LogP contribution in [-0.2, 0) is 4.79 Å². The number of hydrogen-bond acceptors (Lipinski definition) is 2. The predicted molar refractivity (Wildman–Crippen MR) is 83.2 cm³/mol. The molecule has 2 heteroatoms. The Labute approximate surface area is 122 Å². The Morgan fingerprint density at radius 2 is 1.70 bits per heavy atom. The minimum atomic E-state index is -0.0407. The molecule has 0 bridgehead atoms. The molecule has 0 aliphatic heterocycles. The molecule has 1 aromatic carbocycles. The lowest BCUT2D eigenvalue weighted by Crippen LogP contribution is -2.09. The zero-order valence-electron chi connectivity index (χ0n) is 13.0. The van der Waals surface area contributed by atoms with Crippen molar-refractivity contribution in [1.29, 1.82) is 0 Å². The Hall–Kier alpha value is -1.44. The normalized spacial score (nSPS) is 10.6. The standard InChI is InChI=1S/C18H26O2/c1-4-5-6-7-8-9-16(19)13-18(20)17-11-10-14(2)12-15(17)3/h10-12H,4-9,13H2,1-3H3. The second-order valence-corrected chi connectivity index (χ2v) is 5.62. The molecule has 1 rings (SSSR count). The van der Waals surface area contributed by atoms with Gasteiger partial charge in [0.1, 0.15) is 5.78 Å². The van der Waals surface area contributed by atoms with E-state index in [0.29, 0.717) is 12.0 Å². The third-order valence-electron chi connectivity index (χ3n) is 3.60.